The molecule has 5 nitrogen and oxygen atoms in total. The molecule has 2 rings (SSSR count). The van der Waals surface area contributed by atoms with E-state index in [1.165, 1.54) is 0 Å². The number of piperazine rings is 1. The third-order valence-electron chi connectivity index (χ3n) is 4.15. The summed E-state index contributed by atoms with van der Waals surface area (Å²) in [5, 5.41) is 9.14. The van der Waals surface area contributed by atoms with E-state index in [-0.39, 0.29) is 11.8 Å². The third kappa shape index (κ3) is 3.07. The lowest BCUT2D eigenvalue weighted by atomic mass is 9.94. The van der Waals surface area contributed by atoms with E-state index in [1.807, 2.05) is 0 Å². The maximum Gasteiger partial charge on any atom is 0.307 e. The van der Waals surface area contributed by atoms with Gasteiger partial charge in [0.05, 0.1) is 18.4 Å². The number of hydrogen-bond donors (Lipinski definition) is 1. The molecule has 1 saturated carbocycles. The predicted octanol–water partition coefficient (Wildman–Crippen LogP) is 0.265. The molecule has 1 aliphatic carbocycles. The lowest BCUT2D eigenvalue weighted by Gasteiger charge is -2.35. The standard InChI is InChI=1S/C14H20N2O3/c1-2-6-15-7-9-16(10-8-15)13(17)11-4-3-5-12(11)14(18)19/h1,11-12H,3-10H2,(H,18,19)/t11-,12+/m1/s1. The molecule has 0 unspecified atom stereocenters. The van der Waals surface area contributed by atoms with E-state index < -0.39 is 11.9 Å². The van der Waals surface area contributed by atoms with Crippen LogP contribution in [-0.4, -0.2) is 59.5 Å². The number of rotatable bonds is 3. The second-order valence-corrected chi connectivity index (χ2v) is 5.29. The SMILES string of the molecule is C#CCN1CCN(C(=O)[C@@H]2CCC[C@@H]2C(=O)O)CC1. The molecule has 0 radical (unpaired) electrons. The number of carboxylic acids is 1. The number of amides is 1. The Morgan fingerprint density at radius 1 is 1.16 bits per heavy atom. The number of carbonyl (C=O) groups is 2. The number of carboxylic acid groups (broad SMARTS) is 1. The summed E-state index contributed by atoms with van der Waals surface area (Å²) in [6.07, 6.45) is 7.44. The number of aliphatic carboxylic acids is 1. The molecule has 1 saturated heterocycles. The first-order valence-electron chi connectivity index (χ1n) is 6.81. The van der Waals surface area contributed by atoms with E-state index in [0.29, 0.717) is 32.5 Å². The second kappa shape index (κ2) is 6.07. The average molecular weight is 264 g/mol. The molecule has 104 valence electrons. The Morgan fingerprint density at radius 3 is 2.37 bits per heavy atom. The molecule has 1 N–H and O–H groups in total. The van der Waals surface area contributed by atoms with Crippen LogP contribution in [0.25, 0.3) is 0 Å². The Balaban J connectivity index is 1.91. The average Bonchev–Trinajstić information content (AvgIpc) is 2.88. The molecule has 1 aliphatic heterocycles. The van der Waals surface area contributed by atoms with Gasteiger partial charge >= 0.3 is 5.97 Å². The van der Waals surface area contributed by atoms with Crippen molar-refractivity contribution in [1.82, 2.24) is 9.80 Å². The zero-order valence-electron chi connectivity index (χ0n) is 11.0. The molecule has 2 atom stereocenters. The van der Waals surface area contributed by atoms with Gasteiger partial charge in [0.1, 0.15) is 0 Å². The third-order valence-corrected chi connectivity index (χ3v) is 4.15. The van der Waals surface area contributed by atoms with E-state index in [2.05, 4.69) is 10.8 Å². The van der Waals surface area contributed by atoms with E-state index in [0.717, 1.165) is 19.5 Å². The van der Waals surface area contributed by atoms with Crippen LogP contribution in [0, 0.1) is 24.2 Å². The van der Waals surface area contributed by atoms with Gasteiger partial charge in [0.2, 0.25) is 5.91 Å². The van der Waals surface area contributed by atoms with Crippen LogP contribution in [0.1, 0.15) is 19.3 Å². The molecule has 0 spiro atoms. The quantitative estimate of drug-likeness (QED) is 0.743. The van der Waals surface area contributed by atoms with Gasteiger partial charge in [0.25, 0.3) is 0 Å². The zero-order valence-corrected chi connectivity index (χ0v) is 11.0. The van der Waals surface area contributed by atoms with Crippen LogP contribution in [0.15, 0.2) is 0 Å². The lowest BCUT2D eigenvalue weighted by molar-refractivity contribution is -0.149. The fourth-order valence-electron chi connectivity index (χ4n) is 3.04. The highest BCUT2D eigenvalue weighted by molar-refractivity contribution is 5.85. The van der Waals surface area contributed by atoms with Crippen molar-refractivity contribution in [3.05, 3.63) is 0 Å². The Hall–Kier alpha value is -1.54. The van der Waals surface area contributed by atoms with E-state index in [4.69, 9.17) is 11.5 Å². The van der Waals surface area contributed by atoms with Crippen molar-refractivity contribution >= 4 is 11.9 Å². The molecular weight excluding hydrogens is 244 g/mol. The first kappa shape index (κ1) is 13.9. The molecule has 2 aliphatic rings. The molecule has 0 bridgehead atoms. The van der Waals surface area contributed by atoms with Crippen molar-refractivity contribution in [2.24, 2.45) is 11.8 Å². The Morgan fingerprint density at radius 2 is 1.79 bits per heavy atom. The van der Waals surface area contributed by atoms with Crippen LogP contribution >= 0.6 is 0 Å². The Kier molecular flexibility index (Phi) is 4.43. The lowest BCUT2D eigenvalue weighted by Crippen LogP contribution is -2.51. The summed E-state index contributed by atoms with van der Waals surface area (Å²) in [5.41, 5.74) is 0. The fourth-order valence-corrected chi connectivity index (χ4v) is 3.04. The molecule has 2 fully saturated rings. The van der Waals surface area contributed by atoms with Gasteiger partial charge in [-0.05, 0) is 12.8 Å². The minimum Gasteiger partial charge on any atom is -0.481 e. The van der Waals surface area contributed by atoms with Crippen LogP contribution in [-0.2, 0) is 9.59 Å². The van der Waals surface area contributed by atoms with E-state index in [9.17, 15) is 9.59 Å². The number of carbonyl (C=O) groups excluding carboxylic acids is 1. The summed E-state index contributed by atoms with van der Waals surface area (Å²) in [4.78, 5) is 27.5. The second-order valence-electron chi connectivity index (χ2n) is 5.29. The highest BCUT2D eigenvalue weighted by atomic mass is 16.4. The van der Waals surface area contributed by atoms with Gasteiger partial charge in [-0.1, -0.05) is 12.3 Å². The smallest absolute Gasteiger partial charge is 0.307 e. The number of hydrogen-bond acceptors (Lipinski definition) is 3. The predicted molar refractivity (Wildman–Crippen MR) is 70.3 cm³/mol. The molecule has 5 heteroatoms. The Bertz CT molecular complexity index is 394. The van der Waals surface area contributed by atoms with Crippen molar-refractivity contribution < 1.29 is 14.7 Å². The van der Waals surface area contributed by atoms with Crippen molar-refractivity contribution in [2.75, 3.05) is 32.7 Å². The van der Waals surface area contributed by atoms with Crippen molar-refractivity contribution in [1.29, 1.82) is 0 Å². The molecule has 19 heavy (non-hydrogen) atoms. The first-order valence-corrected chi connectivity index (χ1v) is 6.81. The van der Waals surface area contributed by atoms with Crippen LogP contribution in [0.4, 0.5) is 0 Å². The largest absolute Gasteiger partial charge is 0.481 e. The maximum absolute atomic E-state index is 12.4. The normalized spacial score (nSPS) is 28.1. The van der Waals surface area contributed by atoms with Crippen LogP contribution in [0.3, 0.4) is 0 Å². The minimum absolute atomic E-state index is 0.0188. The van der Waals surface area contributed by atoms with E-state index in [1.54, 1.807) is 4.90 Å². The van der Waals surface area contributed by atoms with Gasteiger partial charge in [0.15, 0.2) is 0 Å². The monoisotopic (exact) mass is 264 g/mol. The molecular formula is C14H20N2O3. The number of nitrogens with zero attached hydrogens (tertiary/aromatic N) is 2. The van der Waals surface area contributed by atoms with Crippen LogP contribution < -0.4 is 0 Å². The van der Waals surface area contributed by atoms with Gasteiger partial charge in [-0.3, -0.25) is 14.5 Å². The van der Waals surface area contributed by atoms with E-state index >= 15 is 0 Å². The van der Waals surface area contributed by atoms with Gasteiger partial charge in [-0.2, -0.15) is 0 Å². The van der Waals surface area contributed by atoms with Gasteiger partial charge in [0, 0.05) is 26.2 Å². The summed E-state index contributed by atoms with van der Waals surface area (Å²) in [5.74, 6) is 0.978. The maximum atomic E-state index is 12.4. The van der Waals surface area contributed by atoms with Gasteiger partial charge in [-0.25, -0.2) is 0 Å². The highest BCUT2D eigenvalue weighted by Gasteiger charge is 2.40. The molecule has 0 aromatic heterocycles. The van der Waals surface area contributed by atoms with Gasteiger partial charge < -0.3 is 10.0 Å². The topological polar surface area (TPSA) is 60.9 Å². The fraction of sp³-hybridized carbons (Fsp3) is 0.714. The van der Waals surface area contributed by atoms with Crippen LogP contribution in [0.5, 0.6) is 0 Å². The Labute approximate surface area is 113 Å². The molecule has 0 aromatic rings. The molecule has 0 aromatic carbocycles. The number of terminal acetylenes is 1. The summed E-state index contributed by atoms with van der Waals surface area (Å²) in [6.45, 7) is 3.48. The van der Waals surface area contributed by atoms with Gasteiger partial charge in [-0.15, -0.1) is 6.42 Å². The minimum atomic E-state index is -0.832. The summed E-state index contributed by atoms with van der Waals surface area (Å²) < 4.78 is 0. The zero-order chi connectivity index (χ0) is 13.8. The van der Waals surface area contributed by atoms with Crippen molar-refractivity contribution in [3.63, 3.8) is 0 Å². The van der Waals surface area contributed by atoms with Crippen molar-refractivity contribution in [3.8, 4) is 12.3 Å². The van der Waals surface area contributed by atoms with Crippen LogP contribution in [0.2, 0.25) is 0 Å². The highest BCUT2D eigenvalue weighted by Crippen LogP contribution is 2.33. The summed E-state index contributed by atoms with van der Waals surface area (Å²) in [6, 6.07) is 0. The van der Waals surface area contributed by atoms with Crippen molar-refractivity contribution in [2.45, 2.75) is 19.3 Å². The molecule has 1 heterocycles. The summed E-state index contributed by atoms with van der Waals surface area (Å²) in [7, 11) is 0. The first-order chi connectivity index (χ1) is 9.13. The summed E-state index contributed by atoms with van der Waals surface area (Å²) >= 11 is 0. The molecule has 1 amide bonds.